The summed E-state index contributed by atoms with van der Waals surface area (Å²) in [6, 6.07) is 4.38. The number of hydrogen-bond acceptors (Lipinski definition) is 2. The van der Waals surface area contributed by atoms with E-state index >= 15 is 0 Å². The lowest BCUT2D eigenvalue weighted by Gasteiger charge is -2.30. The van der Waals surface area contributed by atoms with Crippen LogP contribution in [0, 0.1) is 26.7 Å². The van der Waals surface area contributed by atoms with Gasteiger partial charge in [0.15, 0.2) is 0 Å². The van der Waals surface area contributed by atoms with E-state index in [0.717, 1.165) is 25.3 Å². The minimum atomic E-state index is 0.358. The van der Waals surface area contributed by atoms with E-state index in [2.05, 4.69) is 45.1 Å². The molecule has 17 heavy (non-hydrogen) atoms. The highest BCUT2D eigenvalue weighted by molar-refractivity contribution is 5.42. The lowest BCUT2D eigenvalue weighted by Crippen LogP contribution is -2.41. The van der Waals surface area contributed by atoms with Gasteiger partial charge in [-0.15, -0.1) is 0 Å². The third-order valence-electron chi connectivity index (χ3n) is 3.75. The van der Waals surface area contributed by atoms with Crippen LogP contribution in [0.5, 0.6) is 5.75 Å². The molecule has 1 aromatic rings. The zero-order chi connectivity index (χ0) is 12.4. The molecule has 0 aromatic heterocycles. The van der Waals surface area contributed by atoms with Gasteiger partial charge in [0.05, 0.1) is 0 Å². The maximum Gasteiger partial charge on any atom is 0.123 e. The first-order valence-corrected chi connectivity index (χ1v) is 6.53. The van der Waals surface area contributed by atoms with E-state index in [1.54, 1.807) is 0 Å². The molecule has 2 nitrogen and oxygen atoms in total. The Kier molecular flexibility index (Phi) is 3.72. The molecule has 2 atom stereocenters. The Morgan fingerprint density at radius 1 is 1.24 bits per heavy atom. The van der Waals surface area contributed by atoms with E-state index in [4.69, 9.17) is 4.74 Å². The molecule has 1 N–H and O–H groups in total. The number of piperidine rings is 1. The second kappa shape index (κ2) is 5.09. The third-order valence-corrected chi connectivity index (χ3v) is 3.75. The van der Waals surface area contributed by atoms with Crippen molar-refractivity contribution in [2.45, 2.75) is 40.2 Å². The summed E-state index contributed by atoms with van der Waals surface area (Å²) in [5.74, 6) is 1.66. The smallest absolute Gasteiger partial charge is 0.123 e. The van der Waals surface area contributed by atoms with Crippen LogP contribution in [0.1, 0.15) is 30.0 Å². The average Bonchev–Trinajstić information content (AvgIpc) is 2.28. The van der Waals surface area contributed by atoms with E-state index in [1.807, 2.05) is 0 Å². The summed E-state index contributed by atoms with van der Waals surface area (Å²) in [6.07, 6.45) is 1.46. The van der Waals surface area contributed by atoms with Gasteiger partial charge < -0.3 is 10.1 Å². The van der Waals surface area contributed by atoms with Crippen molar-refractivity contribution in [3.05, 3.63) is 28.8 Å². The van der Waals surface area contributed by atoms with Gasteiger partial charge in [-0.25, -0.2) is 0 Å². The van der Waals surface area contributed by atoms with E-state index in [0.29, 0.717) is 12.0 Å². The monoisotopic (exact) mass is 233 g/mol. The van der Waals surface area contributed by atoms with Crippen LogP contribution in [0.15, 0.2) is 12.1 Å². The van der Waals surface area contributed by atoms with Crippen LogP contribution in [0.4, 0.5) is 0 Å². The molecule has 1 aromatic carbocycles. The maximum atomic E-state index is 6.22. The highest BCUT2D eigenvalue weighted by Crippen LogP contribution is 2.27. The Bertz CT molecular complexity index is 400. The molecule has 1 aliphatic rings. The Balaban J connectivity index is 2.17. The number of hydrogen-bond donors (Lipinski definition) is 1. The highest BCUT2D eigenvalue weighted by atomic mass is 16.5. The van der Waals surface area contributed by atoms with Crippen molar-refractivity contribution in [3.8, 4) is 5.75 Å². The number of aryl methyl sites for hydroxylation is 2. The fourth-order valence-corrected chi connectivity index (χ4v) is 2.45. The second-order valence-electron chi connectivity index (χ2n) is 5.33. The zero-order valence-corrected chi connectivity index (χ0v) is 11.3. The molecule has 2 rings (SSSR count). The summed E-state index contributed by atoms with van der Waals surface area (Å²) in [7, 11) is 0. The molecule has 0 saturated carbocycles. The molecule has 1 fully saturated rings. The molecule has 2 heteroatoms. The van der Waals surface area contributed by atoms with Crippen LogP contribution in [-0.4, -0.2) is 19.2 Å². The summed E-state index contributed by atoms with van der Waals surface area (Å²) < 4.78 is 6.22. The van der Waals surface area contributed by atoms with Crippen LogP contribution < -0.4 is 10.1 Å². The molecule has 1 saturated heterocycles. The standard InChI is InChI=1S/C15H23NO/c1-10-7-11(2)13(4)15(8-10)17-14-5-6-16-9-12(14)3/h7-8,12,14,16H,5-6,9H2,1-4H3. The van der Waals surface area contributed by atoms with Crippen LogP contribution in [0.2, 0.25) is 0 Å². The number of rotatable bonds is 2. The van der Waals surface area contributed by atoms with Crippen molar-refractivity contribution in [3.63, 3.8) is 0 Å². The van der Waals surface area contributed by atoms with Crippen molar-refractivity contribution in [1.29, 1.82) is 0 Å². The summed E-state index contributed by atoms with van der Waals surface area (Å²) in [6.45, 7) is 10.8. The van der Waals surface area contributed by atoms with Crippen molar-refractivity contribution >= 4 is 0 Å². The normalized spacial score (nSPS) is 24.7. The highest BCUT2D eigenvalue weighted by Gasteiger charge is 2.23. The molecule has 94 valence electrons. The van der Waals surface area contributed by atoms with Gasteiger partial charge in [-0.1, -0.05) is 13.0 Å². The quantitative estimate of drug-likeness (QED) is 0.848. The van der Waals surface area contributed by atoms with Crippen molar-refractivity contribution in [1.82, 2.24) is 5.32 Å². The Labute approximate surface area is 104 Å². The maximum absolute atomic E-state index is 6.22. The van der Waals surface area contributed by atoms with Gasteiger partial charge in [-0.05, 0) is 56.5 Å². The predicted molar refractivity (Wildman–Crippen MR) is 71.7 cm³/mol. The van der Waals surface area contributed by atoms with Gasteiger partial charge in [0.2, 0.25) is 0 Å². The molecule has 0 spiro atoms. The lowest BCUT2D eigenvalue weighted by molar-refractivity contribution is 0.111. The Morgan fingerprint density at radius 3 is 2.71 bits per heavy atom. The Morgan fingerprint density at radius 2 is 2.00 bits per heavy atom. The largest absolute Gasteiger partial charge is 0.490 e. The molecule has 0 radical (unpaired) electrons. The van der Waals surface area contributed by atoms with Crippen molar-refractivity contribution in [2.24, 2.45) is 5.92 Å². The molecular weight excluding hydrogens is 210 g/mol. The number of ether oxygens (including phenoxy) is 1. The van der Waals surface area contributed by atoms with Crippen LogP contribution in [0.25, 0.3) is 0 Å². The van der Waals surface area contributed by atoms with Crippen LogP contribution in [-0.2, 0) is 0 Å². The van der Waals surface area contributed by atoms with Gasteiger partial charge in [-0.3, -0.25) is 0 Å². The van der Waals surface area contributed by atoms with Crippen molar-refractivity contribution < 1.29 is 4.74 Å². The number of benzene rings is 1. The molecule has 0 bridgehead atoms. The first-order chi connectivity index (χ1) is 8.08. The molecule has 2 unspecified atom stereocenters. The minimum Gasteiger partial charge on any atom is -0.490 e. The molecular formula is C15H23NO. The average molecular weight is 233 g/mol. The predicted octanol–water partition coefficient (Wildman–Crippen LogP) is 2.99. The molecule has 0 amide bonds. The van der Waals surface area contributed by atoms with Crippen molar-refractivity contribution in [2.75, 3.05) is 13.1 Å². The van der Waals surface area contributed by atoms with Gasteiger partial charge in [0.1, 0.15) is 11.9 Å². The second-order valence-corrected chi connectivity index (χ2v) is 5.33. The molecule has 1 heterocycles. The number of nitrogens with one attached hydrogen (secondary N) is 1. The summed E-state index contributed by atoms with van der Waals surface area (Å²) in [5, 5.41) is 3.41. The fourth-order valence-electron chi connectivity index (χ4n) is 2.45. The summed E-state index contributed by atoms with van der Waals surface area (Å²) in [4.78, 5) is 0. The Hall–Kier alpha value is -1.02. The first-order valence-electron chi connectivity index (χ1n) is 6.53. The van der Waals surface area contributed by atoms with Crippen LogP contribution in [0.3, 0.4) is 0 Å². The molecule has 1 aliphatic heterocycles. The van der Waals surface area contributed by atoms with E-state index in [1.165, 1.54) is 16.7 Å². The molecule has 0 aliphatic carbocycles. The van der Waals surface area contributed by atoms with Gasteiger partial charge in [-0.2, -0.15) is 0 Å². The van der Waals surface area contributed by atoms with E-state index < -0.39 is 0 Å². The van der Waals surface area contributed by atoms with E-state index in [-0.39, 0.29) is 0 Å². The lowest BCUT2D eigenvalue weighted by atomic mass is 9.97. The van der Waals surface area contributed by atoms with Gasteiger partial charge in [0, 0.05) is 12.5 Å². The summed E-state index contributed by atoms with van der Waals surface area (Å²) in [5.41, 5.74) is 3.88. The van der Waals surface area contributed by atoms with Gasteiger partial charge >= 0.3 is 0 Å². The minimum absolute atomic E-state index is 0.358. The fraction of sp³-hybridized carbons (Fsp3) is 0.600. The zero-order valence-electron chi connectivity index (χ0n) is 11.3. The summed E-state index contributed by atoms with van der Waals surface area (Å²) >= 11 is 0. The van der Waals surface area contributed by atoms with E-state index in [9.17, 15) is 0 Å². The third kappa shape index (κ3) is 2.81. The topological polar surface area (TPSA) is 21.3 Å². The SMILES string of the molecule is Cc1cc(C)c(C)c(OC2CCNCC2C)c1. The van der Waals surface area contributed by atoms with Crippen LogP contribution >= 0.6 is 0 Å². The first kappa shape index (κ1) is 12.4. The van der Waals surface area contributed by atoms with Gasteiger partial charge in [0.25, 0.3) is 0 Å².